The number of unbranched alkanes of at least 4 members (excludes halogenated alkanes) is 9. The van der Waals surface area contributed by atoms with E-state index in [2.05, 4.69) is 6.92 Å². The number of carbonyl (C=O) groups is 3. The normalized spacial score (nSPS) is 10.7. The van der Waals surface area contributed by atoms with E-state index in [0.717, 1.165) is 38.5 Å². The standard InChI is InChI=1S/C37H46O7/c1-3-4-5-6-7-8-11-14-30-15-17-31(18-16-30)36(39)43-34-23-25-35(26-24-34)44-37(40)32-19-21-33(22-20-32)42-28-13-10-9-12-27-41-29(2)38/h15-26H,3-14,27-28H2,1-2H3. The van der Waals surface area contributed by atoms with E-state index in [0.29, 0.717) is 41.6 Å². The first-order valence-electron chi connectivity index (χ1n) is 15.9. The fourth-order valence-corrected chi connectivity index (χ4v) is 4.65. The van der Waals surface area contributed by atoms with Crippen molar-refractivity contribution in [3.63, 3.8) is 0 Å². The molecule has 3 aromatic carbocycles. The first-order valence-corrected chi connectivity index (χ1v) is 15.9. The Hall–Kier alpha value is -4.13. The fourth-order valence-electron chi connectivity index (χ4n) is 4.65. The van der Waals surface area contributed by atoms with Gasteiger partial charge in [-0.2, -0.15) is 0 Å². The Labute approximate surface area is 261 Å². The molecular formula is C37H46O7. The first-order chi connectivity index (χ1) is 21.4. The molecule has 44 heavy (non-hydrogen) atoms. The zero-order chi connectivity index (χ0) is 31.4. The van der Waals surface area contributed by atoms with Crippen LogP contribution in [0.15, 0.2) is 72.8 Å². The van der Waals surface area contributed by atoms with Crippen molar-refractivity contribution in [2.75, 3.05) is 13.2 Å². The number of carbonyl (C=O) groups excluding carboxylic acids is 3. The minimum Gasteiger partial charge on any atom is -0.494 e. The highest BCUT2D eigenvalue weighted by Gasteiger charge is 2.12. The van der Waals surface area contributed by atoms with E-state index in [1.54, 1.807) is 48.5 Å². The van der Waals surface area contributed by atoms with E-state index in [-0.39, 0.29) is 5.97 Å². The summed E-state index contributed by atoms with van der Waals surface area (Å²) in [5.41, 5.74) is 2.12. The van der Waals surface area contributed by atoms with Crippen molar-refractivity contribution in [2.45, 2.75) is 90.9 Å². The van der Waals surface area contributed by atoms with Gasteiger partial charge >= 0.3 is 17.9 Å². The van der Waals surface area contributed by atoms with E-state index in [1.165, 1.54) is 51.0 Å². The molecule has 0 amide bonds. The lowest BCUT2D eigenvalue weighted by atomic mass is 10.0. The second-order valence-corrected chi connectivity index (χ2v) is 10.9. The maximum Gasteiger partial charge on any atom is 0.343 e. The van der Waals surface area contributed by atoms with Crippen molar-refractivity contribution < 1.29 is 33.3 Å². The second-order valence-electron chi connectivity index (χ2n) is 10.9. The SMILES string of the molecule is CCCCCCCCCc1ccc(C(=O)Oc2ccc(OC(=O)c3ccc(OCCCCCCOC(C)=O)cc3)cc2)cc1. The second kappa shape index (κ2) is 19.9. The van der Waals surface area contributed by atoms with Gasteiger partial charge in [-0.1, -0.05) is 57.6 Å². The van der Waals surface area contributed by atoms with Gasteiger partial charge in [-0.05, 0) is 105 Å². The number of hydrogen-bond acceptors (Lipinski definition) is 7. The minimum atomic E-state index is -0.495. The van der Waals surface area contributed by atoms with Gasteiger partial charge in [0.2, 0.25) is 0 Å². The van der Waals surface area contributed by atoms with Crippen LogP contribution < -0.4 is 14.2 Å². The van der Waals surface area contributed by atoms with Gasteiger partial charge in [0.05, 0.1) is 24.3 Å². The van der Waals surface area contributed by atoms with Crippen LogP contribution in [0.5, 0.6) is 17.2 Å². The van der Waals surface area contributed by atoms with Gasteiger partial charge in [0.25, 0.3) is 0 Å². The molecule has 0 atom stereocenters. The number of benzene rings is 3. The van der Waals surface area contributed by atoms with Crippen molar-refractivity contribution in [1.82, 2.24) is 0 Å². The van der Waals surface area contributed by atoms with Crippen LogP contribution in [0.1, 0.15) is 111 Å². The monoisotopic (exact) mass is 602 g/mol. The van der Waals surface area contributed by atoms with Crippen molar-refractivity contribution in [3.8, 4) is 17.2 Å². The smallest absolute Gasteiger partial charge is 0.343 e. The molecular weight excluding hydrogens is 556 g/mol. The molecule has 0 heterocycles. The number of ether oxygens (including phenoxy) is 4. The molecule has 0 spiro atoms. The third-order valence-corrected chi connectivity index (χ3v) is 7.21. The summed E-state index contributed by atoms with van der Waals surface area (Å²) in [6, 6.07) is 20.8. The Morgan fingerprint density at radius 1 is 0.523 bits per heavy atom. The predicted molar refractivity (Wildman–Crippen MR) is 172 cm³/mol. The zero-order valence-corrected chi connectivity index (χ0v) is 26.2. The van der Waals surface area contributed by atoms with Crippen LogP contribution >= 0.6 is 0 Å². The van der Waals surface area contributed by atoms with Crippen molar-refractivity contribution in [2.24, 2.45) is 0 Å². The minimum absolute atomic E-state index is 0.248. The predicted octanol–water partition coefficient (Wildman–Crippen LogP) is 8.92. The molecule has 0 aliphatic heterocycles. The lowest BCUT2D eigenvalue weighted by molar-refractivity contribution is -0.141. The van der Waals surface area contributed by atoms with Crippen LogP contribution in [-0.4, -0.2) is 31.1 Å². The first kappa shape index (κ1) is 34.4. The molecule has 0 fully saturated rings. The van der Waals surface area contributed by atoms with Crippen LogP contribution in [0.25, 0.3) is 0 Å². The zero-order valence-electron chi connectivity index (χ0n) is 26.2. The maximum absolute atomic E-state index is 12.6. The molecule has 0 unspecified atom stereocenters. The van der Waals surface area contributed by atoms with Crippen LogP contribution in [0.4, 0.5) is 0 Å². The number of hydrogen-bond donors (Lipinski definition) is 0. The Morgan fingerprint density at radius 3 is 1.52 bits per heavy atom. The van der Waals surface area contributed by atoms with Crippen molar-refractivity contribution in [3.05, 3.63) is 89.5 Å². The van der Waals surface area contributed by atoms with Crippen molar-refractivity contribution >= 4 is 17.9 Å². The summed E-state index contributed by atoms with van der Waals surface area (Å²) < 4.78 is 21.6. The van der Waals surface area contributed by atoms with Crippen LogP contribution in [0.2, 0.25) is 0 Å². The Morgan fingerprint density at radius 2 is 0.977 bits per heavy atom. The lowest BCUT2D eigenvalue weighted by Crippen LogP contribution is -2.09. The molecule has 0 saturated carbocycles. The highest BCUT2D eigenvalue weighted by atomic mass is 16.5. The molecule has 0 N–H and O–H groups in total. The molecule has 0 aliphatic rings. The Kier molecular flexibility index (Phi) is 15.6. The molecule has 0 bridgehead atoms. The summed E-state index contributed by atoms with van der Waals surface area (Å²) in [5, 5.41) is 0. The van der Waals surface area contributed by atoms with Gasteiger partial charge in [0.15, 0.2) is 0 Å². The maximum atomic E-state index is 12.6. The average molecular weight is 603 g/mol. The Bertz CT molecular complexity index is 1260. The molecule has 0 aliphatic carbocycles. The quantitative estimate of drug-likeness (QED) is 0.0725. The molecule has 3 aromatic rings. The third kappa shape index (κ3) is 13.4. The van der Waals surface area contributed by atoms with Gasteiger partial charge in [0, 0.05) is 6.92 Å². The van der Waals surface area contributed by atoms with E-state index >= 15 is 0 Å². The summed E-state index contributed by atoms with van der Waals surface area (Å²) >= 11 is 0. The average Bonchev–Trinajstić information content (AvgIpc) is 3.03. The number of aryl methyl sites for hydroxylation is 1. The molecule has 3 rings (SSSR count). The molecule has 7 heteroatoms. The van der Waals surface area contributed by atoms with Gasteiger partial charge in [0.1, 0.15) is 17.2 Å². The fraction of sp³-hybridized carbons (Fsp3) is 0.432. The highest BCUT2D eigenvalue weighted by molar-refractivity contribution is 5.92. The third-order valence-electron chi connectivity index (χ3n) is 7.21. The number of rotatable bonds is 20. The van der Waals surface area contributed by atoms with Gasteiger partial charge in [-0.25, -0.2) is 9.59 Å². The summed E-state index contributed by atoms with van der Waals surface area (Å²) in [6.45, 7) is 4.67. The van der Waals surface area contributed by atoms with E-state index in [1.807, 2.05) is 24.3 Å². The highest BCUT2D eigenvalue weighted by Crippen LogP contribution is 2.21. The molecule has 7 nitrogen and oxygen atoms in total. The van der Waals surface area contributed by atoms with Gasteiger partial charge in [-0.15, -0.1) is 0 Å². The Balaban J connectivity index is 1.35. The molecule has 0 aromatic heterocycles. The molecule has 0 saturated heterocycles. The van der Waals surface area contributed by atoms with E-state index in [4.69, 9.17) is 18.9 Å². The summed E-state index contributed by atoms with van der Waals surface area (Å²) in [4.78, 5) is 35.9. The van der Waals surface area contributed by atoms with Gasteiger partial charge < -0.3 is 18.9 Å². The van der Waals surface area contributed by atoms with E-state index < -0.39 is 11.9 Å². The summed E-state index contributed by atoms with van der Waals surface area (Å²) in [6.07, 6.45) is 13.6. The van der Waals surface area contributed by atoms with Crippen LogP contribution in [0.3, 0.4) is 0 Å². The largest absolute Gasteiger partial charge is 0.494 e. The number of esters is 3. The van der Waals surface area contributed by atoms with Gasteiger partial charge in [-0.3, -0.25) is 4.79 Å². The molecule has 236 valence electrons. The van der Waals surface area contributed by atoms with Crippen LogP contribution in [0, 0.1) is 0 Å². The topological polar surface area (TPSA) is 88.1 Å². The van der Waals surface area contributed by atoms with Crippen molar-refractivity contribution in [1.29, 1.82) is 0 Å². The summed E-state index contributed by atoms with van der Waals surface area (Å²) in [7, 11) is 0. The lowest BCUT2D eigenvalue weighted by Gasteiger charge is -2.09. The van der Waals surface area contributed by atoms with Crippen LogP contribution in [-0.2, 0) is 16.0 Å². The molecule has 0 radical (unpaired) electrons. The van der Waals surface area contributed by atoms with E-state index in [9.17, 15) is 14.4 Å². The summed E-state index contributed by atoms with van der Waals surface area (Å²) in [5.74, 6) is 0.216.